The SMILES string of the molecule is C=NOC(=O)n1ccnc1. The lowest BCUT2D eigenvalue weighted by atomic mass is 10.9. The van der Waals surface area contributed by atoms with Gasteiger partial charge in [0.2, 0.25) is 0 Å². The van der Waals surface area contributed by atoms with E-state index in [-0.39, 0.29) is 0 Å². The van der Waals surface area contributed by atoms with E-state index in [4.69, 9.17) is 0 Å². The Morgan fingerprint density at radius 1 is 1.80 bits per heavy atom. The highest BCUT2D eigenvalue weighted by Gasteiger charge is 2.01. The van der Waals surface area contributed by atoms with Crippen molar-refractivity contribution in [2.45, 2.75) is 0 Å². The van der Waals surface area contributed by atoms with Gasteiger partial charge in [0.15, 0.2) is 0 Å². The van der Waals surface area contributed by atoms with Crippen LogP contribution in [0, 0.1) is 0 Å². The molecule has 1 aromatic heterocycles. The molecule has 1 heterocycles. The van der Waals surface area contributed by atoms with Crippen LogP contribution in [0.5, 0.6) is 0 Å². The molecule has 0 aliphatic heterocycles. The minimum absolute atomic E-state index is 0.618. The second-order valence-electron chi connectivity index (χ2n) is 1.46. The van der Waals surface area contributed by atoms with E-state index in [2.05, 4.69) is 21.7 Å². The summed E-state index contributed by atoms with van der Waals surface area (Å²) in [6.45, 7) is 2.98. The summed E-state index contributed by atoms with van der Waals surface area (Å²) in [4.78, 5) is 18.5. The molecule has 0 N–H and O–H groups in total. The van der Waals surface area contributed by atoms with Crippen LogP contribution in [0.4, 0.5) is 4.79 Å². The van der Waals surface area contributed by atoms with Gasteiger partial charge in [-0.3, -0.25) is 4.84 Å². The fourth-order valence-corrected chi connectivity index (χ4v) is 0.469. The van der Waals surface area contributed by atoms with Crippen LogP contribution in [-0.2, 0) is 4.84 Å². The Bertz CT molecular complexity index is 229. The Labute approximate surface area is 56.9 Å². The van der Waals surface area contributed by atoms with Crippen molar-refractivity contribution in [3.05, 3.63) is 18.7 Å². The molecule has 1 rings (SSSR count). The summed E-state index contributed by atoms with van der Waals surface area (Å²) in [5.74, 6) is 0. The van der Waals surface area contributed by atoms with E-state index in [1.165, 1.54) is 18.7 Å². The van der Waals surface area contributed by atoms with Crippen molar-refractivity contribution < 1.29 is 9.63 Å². The van der Waals surface area contributed by atoms with Crippen LogP contribution >= 0.6 is 0 Å². The number of nitrogens with zero attached hydrogens (tertiary/aromatic N) is 3. The molecule has 0 radical (unpaired) electrons. The van der Waals surface area contributed by atoms with Gasteiger partial charge in [-0.15, -0.1) is 0 Å². The fourth-order valence-electron chi connectivity index (χ4n) is 0.469. The van der Waals surface area contributed by atoms with Gasteiger partial charge in [-0.25, -0.2) is 14.3 Å². The maximum atomic E-state index is 10.7. The first-order valence-electron chi connectivity index (χ1n) is 2.50. The van der Waals surface area contributed by atoms with E-state index in [0.29, 0.717) is 0 Å². The summed E-state index contributed by atoms with van der Waals surface area (Å²) in [5.41, 5.74) is 0. The Hall–Kier alpha value is -1.65. The number of oxime groups is 1. The zero-order valence-electron chi connectivity index (χ0n) is 5.10. The van der Waals surface area contributed by atoms with E-state index in [9.17, 15) is 4.79 Å². The lowest BCUT2D eigenvalue weighted by Crippen LogP contribution is -2.07. The van der Waals surface area contributed by atoms with E-state index < -0.39 is 6.09 Å². The molecule has 0 saturated carbocycles. The molecule has 1 aromatic rings. The van der Waals surface area contributed by atoms with Gasteiger partial charge in [0, 0.05) is 19.1 Å². The molecule has 5 nitrogen and oxygen atoms in total. The summed E-state index contributed by atoms with van der Waals surface area (Å²) in [6, 6.07) is 0. The quantitative estimate of drug-likeness (QED) is 0.323. The zero-order valence-corrected chi connectivity index (χ0v) is 5.10. The van der Waals surface area contributed by atoms with Gasteiger partial charge in [0.1, 0.15) is 6.33 Å². The third kappa shape index (κ3) is 1.19. The minimum Gasteiger partial charge on any atom is -0.298 e. The first kappa shape index (κ1) is 6.47. The molecule has 0 bridgehead atoms. The molecule has 0 fully saturated rings. The first-order valence-corrected chi connectivity index (χ1v) is 2.50. The molecule has 0 unspecified atom stereocenters. The Morgan fingerprint density at radius 2 is 2.60 bits per heavy atom. The number of carbonyl (C=O) groups is 1. The fraction of sp³-hybridized carbons (Fsp3) is 0. The van der Waals surface area contributed by atoms with Gasteiger partial charge in [-0.1, -0.05) is 5.16 Å². The first-order chi connectivity index (χ1) is 4.84. The van der Waals surface area contributed by atoms with Gasteiger partial charge >= 0.3 is 6.09 Å². The standard InChI is InChI=1S/C5H5N3O2/c1-6-10-5(9)8-3-2-7-4-8/h2-4H,1H2. The van der Waals surface area contributed by atoms with Crippen molar-refractivity contribution in [2.24, 2.45) is 5.16 Å². The van der Waals surface area contributed by atoms with Gasteiger partial charge in [-0.2, -0.15) is 0 Å². The van der Waals surface area contributed by atoms with Crippen molar-refractivity contribution in [1.29, 1.82) is 0 Å². The topological polar surface area (TPSA) is 56.5 Å². The van der Waals surface area contributed by atoms with Crippen LogP contribution in [0.15, 0.2) is 23.9 Å². The lowest BCUT2D eigenvalue weighted by molar-refractivity contribution is 0.153. The van der Waals surface area contributed by atoms with Crippen molar-refractivity contribution >= 4 is 12.8 Å². The normalized spacial score (nSPS) is 8.80. The highest BCUT2D eigenvalue weighted by molar-refractivity contribution is 5.69. The van der Waals surface area contributed by atoms with Crippen LogP contribution in [0.3, 0.4) is 0 Å². The molecule has 0 aliphatic rings. The Kier molecular flexibility index (Phi) is 1.79. The van der Waals surface area contributed by atoms with E-state index in [1.807, 2.05) is 0 Å². The smallest absolute Gasteiger partial charge is 0.298 e. The molecule has 0 saturated heterocycles. The molecule has 0 aliphatic carbocycles. The van der Waals surface area contributed by atoms with Crippen LogP contribution in [0.2, 0.25) is 0 Å². The van der Waals surface area contributed by atoms with Gasteiger partial charge in [0.05, 0.1) is 0 Å². The second-order valence-corrected chi connectivity index (χ2v) is 1.46. The van der Waals surface area contributed by atoms with Crippen molar-refractivity contribution in [3.63, 3.8) is 0 Å². The molecule has 0 aromatic carbocycles. The van der Waals surface area contributed by atoms with Crippen LogP contribution in [-0.4, -0.2) is 22.4 Å². The molecule has 5 heteroatoms. The number of aromatic nitrogens is 2. The second kappa shape index (κ2) is 2.77. The van der Waals surface area contributed by atoms with Crippen molar-refractivity contribution in [2.75, 3.05) is 0 Å². The summed E-state index contributed by atoms with van der Waals surface area (Å²) >= 11 is 0. The van der Waals surface area contributed by atoms with E-state index >= 15 is 0 Å². The Morgan fingerprint density at radius 3 is 3.10 bits per heavy atom. The maximum Gasteiger partial charge on any atom is 0.445 e. The van der Waals surface area contributed by atoms with Crippen LogP contribution in [0.1, 0.15) is 0 Å². The third-order valence-electron chi connectivity index (χ3n) is 0.858. The van der Waals surface area contributed by atoms with Crippen LogP contribution < -0.4 is 0 Å². The predicted octanol–water partition coefficient (Wildman–Crippen LogP) is 0.483. The molecular weight excluding hydrogens is 134 g/mol. The number of hydrogen-bond acceptors (Lipinski definition) is 4. The summed E-state index contributed by atoms with van der Waals surface area (Å²) in [6.07, 6.45) is 3.61. The number of rotatable bonds is 1. The molecule has 0 atom stereocenters. The maximum absolute atomic E-state index is 10.7. The molecule has 52 valence electrons. The molecular formula is C5H5N3O2. The predicted molar refractivity (Wildman–Crippen MR) is 33.7 cm³/mol. The summed E-state index contributed by atoms with van der Waals surface area (Å²) in [7, 11) is 0. The van der Waals surface area contributed by atoms with E-state index in [0.717, 1.165) is 4.57 Å². The van der Waals surface area contributed by atoms with Crippen LogP contribution in [0.25, 0.3) is 0 Å². The van der Waals surface area contributed by atoms with Gasteiger partial charge in [0.25, 0.3) is 0 Å². The molecule has 0 amide bonds. The number of carbonyl (C=O) groups excluding carboxylic acids is 1. The van der Waals surface area contributed by atoms with Gasteiger partial charge in [-0.05, 0) is 0 Å². The van der Waals surface area contributed by atoms with Crippen molar-refractivity contribution in [1.82, 2.24) is 9.55 Å². The highest BCUT2D eigenvalue weighted by atomic mass is 16.7. The van der Waals surface area contributed by atoms with E-state index in [1.54, 1.807) is 0 Å². The average Bonchev–Trinajstić information content (AvgIpc) is 2.38. The zero-order chi connectivity index (χ0) is 7.40. The largest absolute Gasteiger partial charge is 0.445 e. The van der Waals surface area contributed by atoms with Gasteiger partial charge < -0.3 is 0 Å². The van der Waals surface area contributed by atoms with Crippen molar-refractivity contribution in [3.8, 4) is 0 Å². The Balaban J connectivity index is 2.68. The number of imidazole rings is 1. The number of hydrogen-bond donors (Lipinski definition) is 0. The average molecular weight is 139 g/mol. The highest BCUT2D eigenvalue weighted by Crippen LogP contribution is 1.88. The molecule has 0 spiro atoms. The molecule has 10 heavy (non-hydrogen) atoms. The third-order valence-corrected chi connectivity index (χ3v) is 0.858. The lowest BCUT2D eigenvalue weighted by Gasteiger charge is -1.93. The summed E-state index contributed by atoms with van der Waals surface area (Å²) in [5, 5.41) is 2.94. The summed E-state index contributed by atoms with van der Waals surface area (Å²) < 4.78 is 1.15. The monoisotopic (exact) mass is 139 g/mol. The minimum atomic E-state index is -0.618.